The fraction of sp³-hybridized carbons (Fsp3) is 0.100. The average Bonchev–Trinajstić information content (AvgIpc) is 2.67. The van der Waals surface area contributed by atoms with Crippen LogP contribution in [-0.2, 0) is 0 Å². The van der Waals surface area contributed by atoms with Crippen molar-refractivity contribution in [3.63, 3.8) is 0 Å². The van der Waals surface area contributed by atoms with Crippen LogP contribution in [0.1, 0.15) is 15.9 Å². The Labute approximate surface area is 151 Å². The summed E-state index contributed by atoms with van der Waals surface area (Å²) >= 11 is 5.96. The van der Waals surface area contributed by atoms with Gasteiger partial charge in [0.25, 0.3) is 0 Å². The van der Waals surface area contributed by atoms with Gasteiger partial charge in [0.05, 0.1) is 19.8 Å². The van der Waals surface area contributed by atoms with Crippen LogP contribution in [0.2, 0.25) is 5.02 Å². The molecule has 25 heavy (non-hydrogen) atoms. The number of carbonyl (C=O) groups is 1. The molecule has 3 aromatic rings. The molecule has 1 aromatic heterocycles. The van der Waals surface area contributed by atoms with Gasteiger partial charge in [-0.3, -0.25) is 4.79 Å². The number of ketones is 1. The number of rotatable bonds is 5. The summed E-state index contributed by atoms with van der Waals surface area (Å²) in [6, 6.07) is 18.0. The molecular formula is C20H16ClNO3. The molecule has 0 atom stereocenters. The van der Waals surface area contributed by atoms with Crippen molar-refractivity contribution in [3.05, 3.63) is 76.8 Å². The highest BCUT2D eigenvalue weighted by Crippen LogP contribution is 2.34. The molecular weight excluding hydrogens is 338 g/mol. The number of nitrogens with zero attached hydrogens (tertiary/aromatic N) is 1. The first-order chi connectivity index (χ1) is 12.1. The average molecular weight is 354 g/mol. The first kappa shape index (κ1) is 17.0. The van der Waals surface area contributed by atoms with Crippen LogP contribution in [0.5, 0.6) is 11.8 Å². The van der Waals surface area contributed by atoms with Crippen LogP contribution < -0.4 is 9.47 Å². The van der Waals surface area contributed by atoms with Crippen molar-refractivity contribution < 1.29 is 14.3 Å². The lowest BCUT2D eigenvalue weighted by atomic mass is 10.00. The zero-order chi connectivity index (χ0) is 17.8. The fourth-order valence-corrected chi connectivity index (χ4v) is 2.66. The number of aromatic nitrogens is 1. The zero-order valence-electron chi connectivity index (χ0n) is 13.8. The van der Waals surface area contributed by atoms with Crippen LogP contribution in [0, 0.1) is 0 Å². The van der Waals surface area contributed by atoms with E-state index in [2.05, 4.69) is 4.98 Å². The van der Waals surface area contributed by atoms with E-state index >= 15 is 0 Å². The maximum Gasteiger partial charge on any atom is 0.227 e. The number of carbonyl (C=O) groups excluding carboxylic acids is 1. The molecule has 0 radical (unpaired) electrons. The number of hydrogen-bond acceptors (Lipinski definition) is 4. The van der Waals surface area contributed by atoms with Gasteiger partial charge in [-0.25, -0.2) is 0 Å². The maximum atomic E-state index is 12.9. The fourth-order valence-electron chi connectivity index (χ4n) is 2.54. The molecule has 0 saturated heterocycles. The minimum atomic E-state index is -0.164. The minimum Gasteiger partial charge on any atom is -0.480 e. The molecule has 3 rings (SSSR count). The molecule has 0 saturated carbocycles. The van der Waals surface area contributed by atoms with Gasteiger partial charge >= 0.3 is 0 Å². The van der Waals surface area contributed by atoms with E-state index in [-0.39, 0.29) is 11.7 Å². The van der Waals surface area contributed by atoms with Crippen LogP contribution in [0.4, 0.5) is 0 Å². The lowest BCUT2D eigenvalue weighted by molar-refractivity contribution is 0.103. The summed E-state index contributed by atoms with van der Waals surface area (Å²) < 4.78 is 10.7. The van der Waals surface area contributed by atoms with Crippen molar-refractivity contribution in [3.8, 4) is 22.9 Å². The van der Waals surface area contributed by atoms with Gasteiger partial charge in [0.1, 0.15) is 0 Å². The third kappa shape index (κ3) is 3.49. The molecule has 0 aliphatic carbocycles. The lowest BCUT2D eigenvalue weighted by Crippen LogP contribution is -2.07. The summed E-state index contributed by atoms with van der Waals surface area (Å²) in [6.07, 6.45) is 0. The van der Waals surface area contributed by atoms with Crippen molar-refractivity contribution in [2.45, 2.75) is 0 Å². The van der Waals surface area contributed by atoms with Crippen molar-refractivity contribution in [2.24, 2.45) is 0 Å². The van der Waals surface area contributed by atoms with Crippen LogP contribution in [-0.4, -0.2) is 25.0 Å². The van der Waals surface area contributed by atoms with E-state index in [4.69, 9.17) is 21.1 Å². The summed E-state index contributed by atoms with van der Waals surface area (Å²) in [5.41, 5.74) is 2.48. The highest BCUT2D eigenvalue weighted by molar-refractivity contribution is 6.30. The second-order valence-electron chi connectivity index (χ2n) is 5.30. The van der Waals surface area contributed by atoms with Crippen molar-refractivity contribution in [2.75, 3.05) is 14.2 Å². The maximum absolute atomic E-state index is 12.9. The standard InChI is InChI=1S/C20H16ClNO3/c1-24-19-16(13-8-10-15(21)11-9-13)12-17(20(22-19)25-2)18(23)14-6-4-3-5-7-14/h3-12H,1-2H3. The van der Waals surface area contributed by atoms with Gasteiger partial charge in [0.15, 0.2) is 5.78 Å². The predicted octanol–water partition coefficient (Wildman–Crippen LogP) is 4.65. The summed E-state index contributed by atoms with van der Waals surface area (Å²) in [7, 11) is 3.01. The molecule has 5 heteroatoms. The number of benzene rings is 2. The van der Waals surface area contributed by atoms with Crippen LogP contribution in [0.15, 0.2) is 60.7 Å². The third-order valence-electron chi connectivity index (χ3n) is 3.78. The van der Waals surface area contributed by atoms with Crippen molar-refractivity contribution in [1.29, 1.82) is 0 Å². The molecule has 0 unspecified atom stereocenters. The zero-order valence-corrected chi connectivity index (χ0v) is 14.6. The smallest absolute Gasteiger partial charge is 0.227 e. The summed E-state index contributed by atoms with van der Waals surface area (Å²) in [6.45, 7) is 0. The molecule has 126 valence electrons. The first-order valence-corrected chi connectivity index (χ1v) is 8.00. The van der Waals surface area contributed by atoms with Crippen LogP contribution in [0.25, 0.3) is 11.1 Å². The van der Waals surface area contributed by atoms with Crippen molar-refractivity contribution >= 4 is 17.4 Å². The number of pyridine rings is 1. The molecule has 2 aromatic carbocycles. The van der Waals surface area contributed by atoms with Crippen LogP contribution in [0.3, 0.4) is 0 Å². The second kappa shape index (κ2) is 7.36. The normalized spacial score (nSPS) is 10.4. The van der Waals surface area contributed by atoms with E-state index in [1.54, 1.807) is 30.3 Å². The Bertz CT molecular complexity index is 893. The van der Waals surface area contributed by atoms with E-state index in [1.807, 2.05) is 30.3 Å². The number of methoxy groups -OCH3 is 2. The van der Waals surface area contributed by atoms with Gasteiger partial charge in [-0.05, 0) is 23.8 Å². The predicted molar refractivity (Wildman–Crippen MR) is 97.7 cm³/mol. The molecule has 0 fully saturated rings. The van der Waals surface area contributed by atoms with E-state index in [1.165, 1.54) is 14.2 Å². The Hall–Kier alpha value is -2.85. The Balaban J connectivity index is 2.16. The number of halogens is 1. The molecule has 0 bridgehead atoms. The van der Waals surface area contributed by atoms with E-state index in [9.17, 15) is 4.79 Å². The molecule has 0 aliphatic heterocycles. The molecule has 1 heterocycles. The number of hydrogen-bond donors (Lipinski definition) is 0. The number of ether oxygens (including phenoxy) is 2. The molecule has 4 nitrogen and oxygen atoms in total. The first-order valence-electron chi connectivity index (χ1n) is 7.62. The van der Waals surface area contributed by atoms with Gasteiger partial charge in [0.2, 0.25) is 11.8 Å². The molecule has 0 aliphatic rings. The second-order valence-corrected chi connectivity index (χ2v) is 5.74. The summed E-state index contributed by atoms with van der Waals surface area (Å²) in [5.74, 6) is 0.440. The molecule has 0 N–H and O–H groups in total. The summed E-state index contributed by atoms with van der Waals surface area (Å²) in [5, 5.41) is 0.629. The van der Waals surface area contributed by atoms with Gasteiger partial charge in [0, 0.05) is 16.1 Å². The van der Waals surface area contributed by atoms with Gasteiger partial charge < -0.3 is 9.47 Å². The largest absolute Gasteiger partial charge is 0.480 e. The van der Waals surface area contributed by atoms with E-state index < -0.39 is 0 Å². The topological polar surface area (TPSA) is 48.4 Å². The van der Waals surface area contributed by atoms with Crippen LogP contribution >= 0.6 is 11.6 Å². The lowest BCUT2D eigenvalue weighted by Gasteiger charge is -2.13. The Morgan fingerprint density at radius 1 is 0.920 bits per heavy atom. The van der Waals surface area contributed by atoms with Gasteiger partial charge in [-0.2, -0.15) is 4.98 Å². The van der Waals surface area contributed by atoms with Crippen molar-refractivity contribution in [1.82, 2.24) is 4.98 Å². The third-order valence-corrected chi connectivity index (χ3v) is 4.03. The minimum absolute atomic E-state index is 0.164. The Morgan fingerprint density at radius 3 is 2.16 bits per heavy atom. The monoisotopic (exact) mass is 353 g/mol. The van der Waals surface area contributed by atoms with E-state index in [0.717, 1.165) is 5.56 Å². The highest BCUT2D eigenvalue weighted by atomic mass is 35.5. The Morgan fingerprint density at radius 2 is 1.56 bits per heavy atom. The molecule has 0 spiro atoms. The van der Waals surface area contributed by atoms with E-state index in [0.29, 0.717) is 27.6 Å². The highest BCUT2D eigenvalue weighted by Gasteiger charge is 2.20. The SMILES string of the molecule is COc1nc(OC)c(-c2ccc(Cl)cc2)cc1C(=O)c1ccccc1. The molecule has 0 amide bonds. The van der Waals surface area contributed by atoms with Gasteiger partial charge in [-0.1, -0.05) is 54.1 Å². The van der Waals surface area contributed by atoms with Gasteiger partial charge in [-0.15, -0.1) is 0 Å². The summed E-state index contributed by atoms with van der Waals surface area (Å²) in [4.78, 5) is 17.2. The Kier molecular flexibility index (Phi) is 5.00. The quantitative estimate of drug-likeness (QED) is 0.626.